The van der Waals surface area contributed by atoms with Gasteiger partial charge < -0.3 is 9.88 Å². The highest BCUT2D eigenvalue weighted by molar-refractivity contribution is 7.99. The molecule has 7 heteroatoms. The normalized spacial score (nSPS) is 14.0. The van der Waals surface area contributed by atoms with Crippen molar-refractivity contribution in [3.8, 4) is 0 Å². The molecule has 0 unspecified atom stereocenters. The molecule has 1 amide bonds. The third-order valence-corrected chi connectivity index (χ3v) is 5.50. The molecule has 5 nitrogen and oxygen atoms in total. The lowest BCUT2D eigenvalue weighted by molar-refractivity contribution is -0.118. The zero-order valence-corrected chi connectivity index (χ0v) is 14.7. The van der Waals surface area contributed by atoms with E-state index in [2.05, 4.69) is 51.3 Å². The van der Waals surface area contributed by atoms with Crippen molar-refractivity contribution in [2.24, 2.45) is 0 Å². The summed E-state index contributed by atoms with van der Waals surface area (Å²) in [5, 5.41) is 11.8. The Kier molecular flexibility index (Phi) is 5.61. The molecule has 2 aromatic rings. The summed E-state index contributed by atoms with van der Waals surface area (Å²) in [6.45, 7) is 2.75. The minimum Gasteiger partial charge on any atom is -0.355 e. The molecular formula is C16H20N4OS2. The summed E-state index contributed by atoms with van der Waals surface area (Å²) in [7, 11) is 0. The Balaban J connectivity index is 1.33. The Morgan fingerprint density at radius 1 is 1.30 bits per heavy atom. The molecule has 0 radical (unpaired) electrons. The molecule has 1 saturated carbocycles. The molecule has 1 aromatic carbocycles. The summed E-state index contributed by atoms with van der Waals surface area (Å²) >= 11 is 3.21. The van der Waals surface area contributed by atoms with Crippen LogP contribution in [-0.4, -0.2) is 38.7 Å². The Bertz CT molecular complexity index is 652. The smallest absolute Gasteiger partial charge is 0.230 e. The van der Waals surface area contributed by atoms with Crippen LogP contribution in [0.5, 0.6) is 0 Å². The number of hydrogen-bond acceptors (Lipinski definition) is 5. The average molecular weight is 348 g/mol. The van der Waals surface area contributed by atoms with Crippen LogP contribution in [0.25, 0.3) is 0 Å². The van der Waals surface area contributed by atoms with Crippen LogP contribution in [-0.2, 0) is 4.79 Å². The predicted octanol–water partition coefficient (Wildman–Crippen LogP) is 2.92. The van der Waals surface area contributed by atoms with Crippen LogP contribution in [0.4, 0.5) is 0 Å². The lowest BCUT2D eigenvalue weighted by atomic mass is 10.2. The van der Waals surface area contributed by atoms with Gasteiger partial charge in [-0.05, 0) is 31.9 Å². The van der Waals surface area contributed by atoms with Crippen LogP contribution in [0.15, 0.2) is 40.6 Å². The second-order valence-electron chi connectivity index (χ2n) is 5.55. The topological polar surface area (TPSA) is 59.8 Å². The van der Waals surface area contributed by atoms with Gasteiger partial charge in [0.05, 0.1) is 5.75 Å². The second kappa shape index (κ2) is 7.88. The Labute approximate surface area is 144 Å². The van der Waals surface area contributed by atoms with Crippen molar-refractivity contribution in [3.63, 3.8) is 0 Å². The van der Waals surface area contributed by atoms with Gasteiger partial charge in [0.1, 0.15) is 6.33 Å². The lowest BCUT2D eigenvalue weighted by Gasteiger charge is -2.06. The van der Waals surface area contributed by atoms with Gasteiger partial charge in [0.15, 0.2) is 5.16 Å². The number of aromatic nitrogens is 3. The van der Waals surface area contributed by atoms with Gasteiger partial charge in [-0.1, -0.05) is 29.5 Å². The average Bonchev–Trinajstić information content (AvgIpc) is 3.29. The highest BCUT2D eigenvalue weighted by atomic mass is 32.2. The van der Waals surface area contributed by atoms with Crippen molar-refractivity contribution in [2.75, 3.05) is 18.1 Å². The predicted molar refractivity (Wildman–Crippen MR) is 93.9 cm³/mol. The quantitative estimate of drug-likeness (QED) is 0.587. The fourth-order valence-corrected chi connectivity index (χ4v) is 3.69. The minimum absolute atomic E-state index is 0.0462. The summed E-state index contributed by atoms with van der Waals surface area (Å²) in [6, 6.07) is 8.98. The van der Waals surface area contributed by atoms with Gasteiger partial charge in [0.25, 0.3) is 0 Å². The number of thioether (sulfide) groups is 2. The third-order valence-electron chi connectivity index (χ3n) is 3.53. The van der Waals surface area contributed by atoms with Gasteiger partial charge in [-0.2, -0.15) is 0 Å². The van der Waals surface area contributed by atoms with Crippen molar-refractivity contribution < 1.29 is 4.79 Å². The first-order valence-corrected chi connectivity index (χ1v) is 9.68. The Hall–Kier alpha value is -1.47. The SMILES string of the molecule is Cc1ccc(SCCNC(=O)CSc2nncn2C2CC2)cc1. The van der Waals surface area contributed by atoms with Crippen LogP contribution in [0.3, 0.4) is 0 Å². The molecule has 3 rings (SSSR count). The molecule has 1 heterocycles. The zero-order chi connectivity index (χ0) is 16.1. The maximum atomic E-state index is 11.9. The molecule has 0 aliphatic heterocycles. The number of nitrogens with one attached hydrogen (secondary N) is 1. The summed E-state index contributed by atoms with van der Waals surface area (Å²) in [6.07, 6.45) is 4.14. The summed E-state index contributed by atoms with van der Waals surface area (Å²) < 4.78 is 2.07. The van der Waals surface area contributed by atoms with Crippen molar-refractivity contribution in [2.45, 2.75) is 35.9 Å². The van der Waals surface area contributed by atoms with Crippen LogP contribution in [0.1, 0.15) is 24.4 Å². The number of aryl methyl sites for hydroxylation is 1. The Morgan fingerprint density at radius 2 is 2.09 bits per heavy atom. The molecule has 0 bridgehead atoms. The number of hydrogen-bond donors (Lipinski definition) is 1. The first-order valence-electron chi connectivity index (χ1n) is 7.71. The first-order chi connectivity index (χ1) is 11.2. The molecule has 23 heavy (non-hydrogen) atoms. The summed E-state index contributed by atoms with van der Waals surface area (Å²) in [5.74, 6) is 1.31. The number of amides is 1. The number of carbonyl (C=O) groups is 1. The van der Waals surface area contributed by atoms with E-state index in [0.717, 1.165) is 10.9 Å². The minimum atomic E-state index is 0.0462. The third kappa shape index (κ3) is 5.00. The van der Waals surface area contributed by atoms with Crippen LogP contribution < -0.4 is 5.32 Å². The van der Waals surface area contributed by atoms with E-state index in [9.17, 15) is 4.79 Å². The first kappa shape index (κ1) is 16.4. The van der Waals surface area contributed by atoms with E-state index in [1.54, 1.807) is 18.1 Å². The highest BCUT2D eigenvalue weighted by Gasteiger charge is 2.26. The van der Waals surface area contributed by atoms with Crippen molar-refractivity contribution >= 4 is 29.4 Å². The van der Waals surface area contributed by atoms with E-state index in [1.807, 2.05) is 0 Å². The molecule has 0 spiro atoms. The van der Waals surface area contributed by atoms with E-state index < -0.39 is 0 Å². The molecule has 0 atom stereocenters. The number of benzene rings is 1. The summed E-state index contributed by atoms with van der Waals surface area (Å²) in [5.41, 5.74) is 1.26. The fourth-order valence-electron chi connectivity index (χ4n) is 2.11. The molecule has 1 aliphatic carbocycles. The van der Waals surface area contributed by atoms with Gasteiger partial charge in [-0.3, -0.25) is 4.79 Å². The van der Waals surface area contributed by atoms with Gasteiger partial charge in [0, 0.05) is 23.2 Å². The van der Waals surface area contributed by atoms with E-state index in [-0.39, 0.29) is 5.91 Å². The lowest BCUT2D eigenvalue weighted by Crippen LogP contribution is -2.27. The second-order valence-corrected chi connectivity index (χ2v) is 7.66. The maximum absolute atomic E-state index is 11.9. The molecular weight excluding hydrogens is 328 g/mol. The largest absolute Gasteiger partial charge is 0.355 e. The van der Waals surface area contributed by atoms with Crippen LogP contribution in [0.2, 0.25) is 0 Å². The number of nitrogens with zero attached hydrogens (tertiary/aromatic N) is 3. The van der Waals surface area contributed by atoms with Crippen LogP contribution >= 0.6 is 23.5 Å². The number of rotatable bonds is 8. The van der Waals surface area contributed by atoms with E-state index in [1.165, 1.54) is 35.1 Å². The molecule has 0 saturated heterocycles. The molecule has 122 valence electrons. The molecule has 1 aromatic heterocycles. The van der Waals surface area contributed by atoms with Gasteiger partial charge >= 0.3 is 0 Å². The van der Waals surface area contributed by atoms with E-state index >= 15 is 0 Å². The monoisotopic (exact) mass is 348 g/mol. The maximum Gasteiger partial charge on any atom is 0.230 e. The van der Waals surface area contributed by atoms with Gasteiger partial charge in [0.2, 0.25) is 5.91 Å². The number of carbonyl (C=O) groups excluding carboxylic acids is 1. The fraction of sp³-hybridized carbons (Fsp3) is 0.438. The molecule has 1 N–H and O–H groups in total. The molecule has 1 aliphatic rings. The van der Waals surface area contributed by atoms with Gasteiger partial charge in [-0.15, -0.1) is 22.0 Å². The van der Waals surface area contributed by atoms with E-state index in [4.69, 9.17) is 0 Å². The highest BCUT2D eigenvalue weighted by Crippen LogP contribution is 2.37. The standard InChI is InChI=1S/C16H20N4OS2/c1-12-2-6-14(7-3-12)22-9-8-17-15(21)10-23-16-19-18-11-20(16)13-4-5-13/h2-3,6-7,11,13H,4-5,8-10H2,1H3,(H,17,21). The van der Waals surface area contributed by atoms with Crippen molar-refractivity contribution in [1.29, 1.82) is 0 Å². The van der Waals surface area contributed by atoms with Crippen molar-refractivity contribution in [3.05, 3.63) is 36.2 Å². The van der Waals surface area contributed by atoms with Gasteiger partial charge in [-0.25, -0.2) is 0 Å². The Morgan fingerprint density at radius 3 is 2.83 bits per heavy atom. The van der Waals surface area contributed by atoms with E-state index in [0.29, 0.717) is 18.3 Å². The summed E-state index contributed by atoms with van der Waals surface area (Å²) in [4.78, 5) is 13.1. The van der Waals surface area contributed by atoms with Crippen molar-refractivity contribution in [1.82, 2.24) is 20.1 Å². The van der Waals surface area contributed by atoms with Crippen LogP contribution in [0, 0.1) is 6.92 Å². The molecule has 1 fully saturated rings. The zero-order valence-electron chi connectivity index (χ0n) is 13.1.